The van der Waals surface area contributed by atoms with Crippen molar-refractivity contribution in [3.05, 3.63) is 29.6 Å². The molecule has 2 amide bonds. The molecular weight excluding hydrogens is 361 g/mol. The van der Waals surface area contributed by atoms with Crippen LogP contribution in [0.3, 0.4) is 0 Å². The van der Waals surface area contributed by atoms with Gasteiger partial charge in [-0.25, -0.2) is 0 Å². The lowest BCUT2D eigenvalue weighted by atomic mass is 9.85. The molecule has 3 N–H and O–H groups in total. The second kappa shape index (κ2) is 7.84. The highest BCUT2D eigenvalue weighted by atomic mass is 19.4. The number of nitrogens with one attached hydrogen (secondary N) is 3. The fraction of sp³-hybridized carbons (Fsp3) is 0.611. The summed E-state index contributed by atoms with van der Waals surface area (Å²) in [4.78, 5) is 28.4. The zero-order valence-corrected chi connectivity index (χ0v) is 14.9. The Bertz CT molecular complexity index is 685. The fourth-order valence-corrected chi connectivity index (χ4v) is 3.66. The van der Waals surface area contributed by atoms with E-state index >= 15 is 0 Å². The van der Waals surface area contributed by atoms with Crippen molar-refractivity contribution in [2.24, 2.45) is 5.92 Å². The van der Waals surface area contributed by atoms with Gasteiger partial charge in [0.1, 0.15) is 0 Å². The van der Waals surface area contributed by atoms with Gasteiger partial charge in [0, 0.05) is 31.6 Å². The number of carbonyl (C=O) groups excluding carboxylic acids is 2. The minimum Gasteiger partial charge on any atom is -0.356 e. The molecule has 27 heavy (non-hydrogen) atoms. The van der Waals surface area contributed by atoms with Crippen molar-refractivity contribution >= 4 is 11.8 Å². The second-order valence-electron chi connectivity index (χ2n) is 7.16. The molecule has 2 saturated heterocycles. The zero-order chi connectivity index (χ0) is 19.5. The van der Waals surface area contributed by atoms with Crippen molar-refractivity contribution in [2.75, 3.05) is 19.6 Å². The first-order chi connectivity index (χ1) is 12.8. The number of nitrogens with zero attached hydrogens (tertiary/aromatic N) is 1. The highest BCUT2D eigenvalue weighted by molar-refractivity contribution is 5.82. The fourth-order valence-electron chi connectivity index (χ4n) is 3.66. The van der Waals surface area contributed by atoms with Crippen molar-refractivity contribution < 1.29 is 22.8 Å². The van der Waals surface area contributed by atoms with Crippen LogP contribution in [0.15, 0.2) is 18.3 Å². The Morgan fingerprint density at radius 1 is 1.26 bits per heavy atom. The Labute approximate surface area is 155 Å². The molecule has 1 unspecified atom stereocenters. The first-order valence-corrected chi connectivity index (χ1v) is 9.13. The van der Waals surface area contributed by atoms with Gasteiger partial charge in [-0.3, -0.25) is 14.6 Å². The normalized spacial score (nSPS) is 26.8. The summed E-state index contributed by atoms with van der Waals surface area (Å²) in [5.41, 5.74) is -1.24. The Morgan fingerprint density at radius 3 is 2.70 bits per heavy atom. The van der Waals surface area contributed by atoms with Gasteiger partial charge in [-0.2, -0.15) is 13.2 Å². The van der Waals surface area contributed by atoms with E-state index in [0.29, 0.717) is 44.5 Å². The average molecular weight is 384 g/mol. The monoisotopic (exact) mass is 384 g/mol. The van der Waals surface area contributed by atoms with Crippen molar-refractivity contribution in [1.29, 1.82) is 0 Å². The zero-order valence-electron chi connectivity index (χ0n) is 14.9. The van der Waals surface area contributed by atoms with Crippen molar-refractivity contribution in [2.45, 2.75) is 43.8 Å². The standard InChI is InChI=1S/C18H23F3N4O2/c19-18(20,21)13-3-4-14(24-10-13)17(7-1-8-22-11-17)25-16(27)12-2-5-15(26)23-9-6-12/h3-4,10,12,22H,1-2,5-9,11H2,(H,23,26)(H,25,27)/t12?,17-/m0/s1. The molecule has 9 heteroatoms. The number of amides is 2. The maximum atomic E-state index is 12.8. The molecule has 0 saturated carbocycles. The predicted octanol–water partition coefficient (Wildman–Crippen LogP) is 1.71. The van der Waals surface area contributed by atoms with E-state index in [9.17, 15) is 22.8 Å². The molecule has 1 aromatic heterocycles. The summed E-state index contributed by atoms with van der Waals surface area (Å²) < 4.78 is 38.5. The number of piperidine rings is 1. The summed E-state index contributed by atoms with van der Waals surface area (Å²) in [6.07, 6.45) is -0.981. The average Bonchev–Trinajstić information content (AvgIpc) is 2.86. The number of rotatable bonds is 3. The van der Waals surface area contributed by atoms with Crippen LogP contribution in [0.1, 0.15) is 43.4 Å². The van der Waals surface area contributed by atoms with Crippen LogP contribution in [0.2, 0.25) is 0 Å². The molecule has 0 spiro atoms. The van der Waals surface area contributed by atoms with Gasteiger partial charge >= 0.3 is 6.18 Å². The van der Waals surface area contributed by atoms with E-state index in [1.165, 1.54) is 6.07 Å². The predicted molar refractivity (Wildman–Crippen MR) is 91.5 cm³/mol. The molecule has 1 aromatic rings. The van der Waals surface area contributed by atoms with Crippen LogP contribution < -0.4 is 16.0 Å². The quantitative estimate of drug-likeness (QED) is 0.741. The Balaban J connectivity index is 1.80. The van der Waals surface area contributed by atoms with Gasteiger partial charge in [0.2, 0.25) is 11.8 Å². The molecule has 148 valence electrons. The third-order valence-corrected chi connectivity index (χ3v) is 5.23. The lowest BCUT2D eigenvalue weighted by molar-refractivity contribution is -0.138. The summed E-state index contributed by atoms with van der Waals surface area (Å²) >= 11 is 0. The van der Waals surface area contributed by atoms with Crippen molar-refractivity contribution in [1.82, 2.24) is 20.9 Å². The van der Waals surface area contributed by atoms with Gasteiger partial charge < -0.3 is 16.0 Å². The first-order valence-electron chi connectivity index (χ1n) is 9.13. The minimum atomic E-state index is -4.45. The lowest BCUT2D eigenvalue weighted by Gasteiger charge is -2.39. The smallest absolute Gasteiger partial charge is 0.356 e. The van der Waals surface area contributed by atoms with Crippen LogP contribution in [0.4, 0.5) is 13.2 Å². The molecule has 3 heterocycles. The lowest BCUT2D eigenvalue weighted by Crippen LogP contribution is -2.56. The molecule has 2 atom stereocenters. The second-order valence-corrected chi connectivity index (χ2v) is 7.16. The molecule has 3 rings (SSSR count). The Kier molecular flexibility index (Phi) is 5.69. The molecule has 2 fully saturated rings. The number of carbonyl (C=O) groups is 2. The molecule has 2 aliphatic heterocycles. The number of halogens is 3. The Hall–Kier alpha value is -2.16. The van der Waals surface area contributed by atoms with E-state index in [4.69, 9.17) is 0 Å². The van der Waals surface area contributed by atoms with Crippen molar-refractivity contribution in [3.63, 3.8) is 0 Å². The Morgan fingerprint density at radius 2 is 2.07 bits per heavy atom. The third kappa shape index (κ3) is 4.58. The summed E-state index contributed by atoms with van der Waals surface area (Å²) in [6, 6.07) is 2.34. The van der Waals surface area contributed by atoms with Gasteiger partial charge in [-0.05, 0) is 44.4 Å². The number of alkyl halides is 3. The minimum absolute atomic E-state index is 0.0660. The molecule has 0 aromatic carbocycles. The SMILES string of the molecule is O=C1CCC(C(=O)N[C@@]2(c3ccc(C(F)(F)F)cn3)CCCNC2)CCN1. The number of hydrogen-bond donors (Lipinski definition) is 3. The van der Waals surface area contributed by atoms with Gasteiger partial charge in [-0.1, -0.05) is 0 Å². The number of pyridine rings is 1. The largest absolute Gasteiger partial charge is 0.417 e. The number of aromatic nitrogens is 1. The molecular formula is C18H23F3N4O2. The van der Waals surface area contributed by atoms with Crippen LogP contribution in [-0.2, 0) is 21.3 Å². The highest BCUT2D eigenvalue weighted by Crippen LogP contribution is 2.32. The van der Waals surface area contributed by atoms with Crippen LogP contribution in [0.5, 0.6) is 0 Å². The van der Waals surface area contributed by atoms with E-state index < -0.39 is 17.3 Å². The highest BCUT2D eigenvalue weighted by Gasteiger charge is 2.39. The molecule has 0 radical (unpaired) electrons. The van der Waals surface area contributed by atoms with Crippen LogP contribution >= 0.6 is 0 Å². The molecule has 6 nitrogen and oxygen atoms in total. The maximum Gasteiger partial charge on any atom is 0.417 e. The van der Waals surface area contributed by atoms with E-state index in [0.717, 1.165) is 25.2 Å². The molecule has 0 aliphatic carbocycles. The van der Waals surface area contributed by atoms with E-state index in [1.54, 1.807) is 0 Å². The third-order valence-electron chi connectivity index (χ3n) is 5.23. The number of hydrogen-bond acceptors (Lipinski definition) is 4. The van der Waals surface area contributed by atoms with Gasteiger partial charge in [0.15, 0.2) is 0 Å². The van der Waals surface area contributed by atoms with E-state index in [-0.39, 0.29) is 17.7 Å². The van der Waals surface area contributed by atoms with Crippen LogP contribution in [0.25, 0.3) is 0 Å². The molecule has 0 bridgehead atoms. The van der Waals surface area contributed by atoms with E-state index in [2.05, 4.69) is 20.9 Å². The maximum absolute atomic E-state index is 12.8. The van der Waals surface area contributed by atoms with Crippen LogP contribution in [0, 0.1) is 5.92 Å². The molecule has 2 aliphatic rings. The van der Waals surface area contributed by atoms with Crippen LogP contribution in [-0.4, -0.2) is 36.4 Å². The van der Waals surface area contributed by atoms with Crippen molar-refractivity contribution in [3.8, 4) is 0 Å². The van der Waals surface area contributed by atoms with Gasteiger partial charge in [0.25, 0.3) is 0 Å². The first kappa shape index (κ1) is 19.6. The summed E-state index contributed by atoms with van der Waals surface area (Å²) in [6.45, 7) is 1.63. The van der Waals surface area contributed by atoms with Gasteiger partial charge in [-0.15, -0.1) is 0 Å². The van der Waals surface area contributed by atoms with Gasteiger partial charge in [0.05, 0.1) is 16.8 Å². The summed E-state index contributed by atoms with van der Waals surface area (Å²) in [7, 11) is 0. The van der Waals surface area contributed by atoms with E-state index in [1.807, 2.05) is 0 Å². The topological polar surface area (TPSA) is 83.1 Å². The summed E-state index contributed by atoms with van der Waals surface area (Å²) in [5.74, 6) is -0.558. The summed E-state index contributed by atoms with van der Waals surface area (Å²) in [5, 5.41) is 8.98.